The lowest BCUT2D eigenvalue weighted by Gasteiger charge is -2.27. The molecule has 0 aliphatic carbocycles. The second-order valence-electron chi connectivity index (χ2n) is 8.97. The molecule has 192 valence electrons. The number of hydrogen-bond acceptors (Lipinski definition) is 7. The van der Waals surface area contributed by atoms with Gasteiger partial charge in [-0.2, -0.15) is 5.26 Å². The van der Waals surface area contributed by atoms with Crippen LogP contribution in [0.2, 0.25) is 0 Å². The van der Waals surface area contributed by atoms with E-state index in [0.29, 0.717) is 54.3 Å². The van der Waals surface area contributed by atoms with E-state index in [0.717, 1.165) is 11.3 Å². The minimum atomic E-state index is -0.790. The fourth-order valence-electron chi connectivity index (χ4n) is 4.16. The number of aliphatic hydroxyl groups excluding tert-OH is 1. The number of hydrogen-bond donors (Lipinski definition) is 3. The highest BCUT2D eigenvalue weighted by Gasteiger charge is 2.29. The normalized spacial score (nSPS) is 17.4. The van der Waals surface area contributed by atoms with Crippen LogP contribution in [-0.2, 0) is 6.61 Å². The molecule has 2 atom stereocenters. The summed E-state index contributed by atoms with van der Waals surface area (Å²) in [7, 11) is 0. The monoisotopic (exact) mass is 503 g/mol. The van der Waals surface area contributed by atoms with Gasteiger partial charge in [-0.1, -0.05) is 11.2 Å². The van der Waals surface area contributed by atoms with Gasteiger partial charge in [0.2, 0.25) is 0 Å². The molecule has 10 nitrogen and oxygen atoms in total. The number of likely N-dealkylation sites (tertiary alicyclic amines) is 1. The van der Waals surface area contributed by atoms with Gasteiger partial charge in [0.1, 0.15) is 18.1 Å². The van der Waals surface area contributed by atoms with Crippen molar-refractivity contribution in [1.29, 1.82) is 5.26 Å². The van der Waals surface area contributed by atoms with Gasteiger partial charge in [0.15, 0.2) is 0 Å². The van der Waals surface area contributed by atoms with Gasteiger partial charge in [0.25, 0.3) is 5.91 Å². The van der Waals surface area contributed by atoms with Crippen LogP contribution in [0.3, 0.4) is 0 Å². The van der Waals surface area contributed by atoms with Gasteiger partial charge in [-0.3, -0.25) is 4.79 Å². The first-order valence-electron chi connectivity index (χ1n) is 12.0. The molecule has 37 heavy (non-hydrogen) atoms. The van der Waals surface area contributed by atoms with Crippen molar-refractivity contribution >= 4 is 17.6 Å². The number of nitrogens with one attached hydrogen (secondary N) is 2. The summed E-state index contributed by atoms with van der Waals surface area (Å²) in [6, 6.07) is 14.4. The van der Waals surface area contributed by atoms with Crippen LogP contribution < -0.4 is 15.4 Å². The van der Waals surface area contributed by atoms with E-state index in [1.807, 2.05) is 19.9 Å². The van der Waals surface area contributed by atoms with Crippen LogP contribution in [0.4, 0.5) is 10.5 Å². The number of carbonyl (C=O) groups excluding carboxylic acids is 2. The minimum Gasteiger partial charge on any atom is -0.489 e. The SMILES string of the molecule is Cc1noc(C)c1COc1ccc(C(=O)NC2CN(C(=O)Nc3cccc(C#N)c3)CCCC2O)cc1. The molecule has 2 aromatic carbocycles. The average Bonchev–Trinajstić information content (AvgIpc) is 3.10. The zero-order valence-electron chi connectivity index (χ0n) is 20.7. The number of amides is 3. The van der Waals surface area contributed by atoms with Gasteiger partial charge in [-0.25, -0.2) is 4.79 Å². The zero-order chi connectivity index (χ0) is 26.4. The second-order valence-corrected chi connectivity index (χ2v) is 8.97. The summed E-state index contributed by atoms with van der Waals surface area (Å²) in [5, 5.41) is 29.2. The second kappa shape index (κ2) is 11.6. The van der Waals surface area contributed by atoms with Crippen molar-refractivity contribution in [1.82, 2.24) is 15.4 Å². The third-order valence-electron chi connectivity index (χ3n) is 6.34. The Bertz CT molecular complexity index is 1280. The Morgan fingerprint density at radius 2 is 2.03 bits per heavy atom. The highest BCUT2D eigenvalue weighted by molar-refractivity contribution is 5.94. The molecule has 4 rings (SSSR count). The van der Waals surface area contributed by atoms with E-state index in [1.54, 1.807) is 53.4 Å². The first kappa shape index (κ1) is 25.7. The predicted octanol–water partition coefficient (Wildman–Crippen LogP) is 3.53. The van der Waals surface area contributed by atoms with Crippen molar-refractivity contribution in [3.05, 3.63) is 76.7 Å². The lowest BCUT2D eigenvalue weighted by Crippen LogP contribution is -2.50. The van der Waals surface area contributed by atoms with Gasteiger partial charge in [-0.15, -0.1) is 0 Å². The Morgan fingerprint density at radius 3 is 2.73 bits per heavy atom. The van der Waals surface area contributed by atoms with E-state index in [9.17, 15) is 14.7 Å². The molecule has 0 saturated carbocycles. The molecule has 0 bridgehead atoms. The summed E-state index contributed by atoms with van der Waals surface area (Å²) in [4.78, 5) is 27.4. The first-order chi connectivity index (χ1) is 17.8. The van der Waals surface area contributed by atoms with Crippen molar-refractivity contribution in [2.24, 2.45) is 0 Å². The molecule has 1 aromatic heterocycles. The molecule has 0 spiro atoms. The first-order valence-corrected chi connectivity index (χ1v) is 12.0. The highest BCUT2D eigenvalue weighted by Crippen LogP contribution is 2.19. The maximum Gasteiger partial charge on any atom is 0.321 e. The predicted molar refractivity (Wildman–Crippen MR) is 135 cm³/mol. The summed E-state index contributed by atoms with van der Waals surface area (Å²) in [5.41, 5.74) is 3.01. The smallest absolute Gasteiger partial charge is 0.321 e. The molecular formula is C27H29N5O5. The van der Waals surface area contributed by atoms with Crippen LogP contribution in [0.1, 0.15) is 45.8 Å². The van der Waals surface area contributed by atoms with E-state index in [2.05, 4.69) is 15.8 Å². The number of benzene rings is 2. The number of ether oxygens (including phenoxy) is 1. The number of nitriles is 1. The van der Waals surface area contributed by atoms with Crippen LogP contribution in [0.15, 0.2) is 53.1 Å². The summed E-state index contributed by atoms with van der Waals surface area (Å²) in [5.74, 6) is 0.938. The maximum atomic E-state index is 12.9. The summed E-state index contributed by atoms with van der Waals surface area (Å²) in [6.45, 7) is 4.56. The summed E-state index contributed by atoms with van der Waals surface area (Å²) in [6.07, 6.45) is 0.255. The number of anilines is 1. The molecular weight excluding hydrogens is 474 g/mol. The van der Waals surface area contributed by atoms with Crippen LogP contribution in [0.5, 0.6) is 5.75 Å². The number of carbonyl (C=O) groups is 2. The van der Waals surface area contributed by atoms with Crippen LogP contribution >= 0.6 is 0 Å². The third kappa shape index (κ3) is 6.45. The number of aryl methyl sites for hydroxylation is 2. The van der Waals surface area contributed by atoms with E-state index < -0.39 is 12.1 Å². The largest absolute Gasteiger partial charge is 0.489 e. The fourth-order valence-corrected chi connectivity index (χ4v) is 4.16. The minimum absolute atomic E-state index is 0.148. The summed E-state index contributed by atoms with van der Waals surface area (Å²) < 4.78 is 10.9. The van der Waals surface area contributed by atoms with E-state index in [-0.39, 0.29) is 18.5 Å². The molecule has 3 N–H and O–H groups in total. The van der Waals surface area contributed by atoms with Crippen LogP contribution in [0.25, 0.3) is 0 Å². The Morgan fingerprint density at radius 1 is 1.24 bits per heavy atom. The van der Waals surface area contributed by atoms with Crippen molar-refractivity contribution in [2.75, 3.05) is 18.4 Å². The van der Waals surface area contributed by atoms with Crippen molar-refractivity contribution in [3.8, 4) is 11.8 Å². The summed E-state index contributed by atoms with van der Waals surface area (Å²) >= 11 is 0. The molecule has 0 radical (unpaired) electrons. The van der Waals surface area contributed by atoms with Crippen LogP contribution in [0, 0.1) is 25.2 Å². The van der Waals surface area contributed by atoms with E-state index in [1.165, 1.54) is 0 Å². The number of aliphatic hydroxyl groups is 1. The lowest BCUT2D eigenvalue weighted by molar-refractivity contribution is 0.0811. The third-order valence-corrected chi connectivity index (χ3v) is 6.34. The molecule has 3 aromatic rings. The van der Waals surface area contributed by atoms with Gasteiger partial charge in [-0.05, 0) is 69.2 Å². The molecule has 2 heterocycles. The number of nitrogens with zero attached hydrogens (tertiary/aromatic N) is 3. The topological polar surface area (TPSA) is 141 Å². The Hall–Kier alpha value is -4.36. The van der Waals surface area contributed by atoms with Crippen LogP contribution in [-0.4, -0.2) is 52.3 Å². The van der Waals surface area contributed by atoms with Gasteiger partial charge in [0.05, 0.1) is 35.0 Å². The molecule has 2 unspecified atom stereocenters. The molecule has 1 saturated heterocycles. The molecule has 3 amide bonds. The molecule has 1 aliphatic rings. The van der Waals surface area contributed by atoms with Crippen molar-refractivity contribution in [2.45, 2.75) is 45.4 Å². The Balaban J connectivity index is 1.36. The van der Waals surface area contributed by atoms with E-state index >= 15 is 0 Å². The zero-order valence-corrected chi connectivity index (χ0v) is 20.7. The Labute approximate surface area is 214 Å². The van der Waals surface area contributed by atoms with Gasteiger partial charge >= 0.3 is 6.03 Å². The maximum absolute atomic E-state index is 12.9. The standard InChI is InChI=1S/C27H29N5O5/c1-17-23(18(2)37-31-17)16-36-22-10-8-20(9-11-22)26(34)30-24-15-32(12-4-7-25(24)33)27(35)29-21-6-3-5-19(13-21)14-28/h3,5-6,8-11,13,24-25,33H,4,7,12,15-16H2,1-2H3,(H,29,35)(H,30,34). The molecule has 1 fully saturated rings. The quantitative estimate of drug-likeness (QED) is 0.467. The lowest BCUT2D eigenvalue weighted by atomic mass is 10.1. The number of urea groups is 1. The number of aromatic nitrogens is 1. The Kier molecular flexibility index (Phi) is 8.05. The fraction of sp³-hybridized carbons (Fsp3) is 0.333. The molecule has 1 aliphatic heterocycles. The molecule has 10 heteroatoms. The highest BCUT2D eigenvalue weighted by atomic mass is 16.5. The van der Waals surface area contributed by atoms with Crippen molar-refractivity contribution < 1.29 is 24.0 Å². The average molecular weight is 504 g/mol. The van der Waals surface area contributed by atoms with Crippen molar-refractivity contribution in [3.63, 3.8) is 0 Å². The van der Waals surface area contributed by atoms with Gasteiger partial charge in [0, 0.05) is 24.3 Å². The van der Waals surface area contributed by atoms with Gasteiger partial charge < -0.3 is 29.9 Å². The number of rotatable bonds is 6. The van der Waals surface area contributed by atoms with E-state index in [4.69, 9.17) is 14.5 Å².